The van der Waals surface area contributed by atoms with E-state index in [1.807, 2.05) is 10.8 Å². The highest BCUT2D eigenvalue weighted by Crippen LogP contribution is 2.14. The molecule has 1 amide bonds. The van der Waals surface area contributed by atoms with E-state index in [1.54, 1.807) is 0 Å². The van der Waals surface area contributed by atoms with Gasteiger partial charge in [-0.3, -0.25) is 4.79 Å². The summed E-state index contributed by atoms with van der Waals surface area (Å²) in [7, 11) is -4.04. The van der Waals surface area contributed by atoms with Crippen molar-refractivity contribution in [3.63, 3.8) is 0 Å². The Hall–Kier alpha value is -1.95. The van der Waals surface area contributed by atoms with Crippen LogP contribution in [0, 0.1) is 11.3 Å². The van der Waals surface area contributed by atoms with E-state index in [4.69, 9.17) is 14.7 Å². The summed E-state index contributed by atoms with van der Waals surface area (Å²) < 4.78 is 37.0. The van der Waals surface area contributed by atoms with Crippen molar-refractivity contribution in [1.82, 2.24) is 4.72 Å². The maximum atomic E-state index is 12.2. The second kappa shape index (κ2) is 7.55. The monoisotopic (exact) mass is 338 g/mol. The van der Waals surface area contributed by atoms with Crippen LogP contribution < -0.4 is 4.72 Å². The number of amides is 1. The first kappa shape index (κ1) is 17.4. The number of nitrogens with zero attached hydrogens (tertiary/aromatic N) is 1. The van der Waals surface area contributed by atoms with Gasteiger partial charge in [-0.1, -0.05) is 6.07 Å². The van der Waals surface area contributed by atoms with E-state index >= 15 is 0 Å². The third-order valence-electron chi connectivity index (χ3n) is 3.43. The van der Waals surface area contributed by atoms with Crippen LogP contribution in [0.5, 0.6) is 0 Å². The maximum absolute atomic E-state index is 12.2. The molecule has 1 aliphatic rings. The fourth-order valence-corrected chi connectivity index (χ4v) is 3.20. The molecule has 1 aromatic carbocycles. The van der Waals surface area contributed by atoms with E-state index in [2.05, 4.69) is 0 Å². The van der Waals surface area contributed by atoms with Crippen molar-refractivity contribution in [3.05, 3.63) is 29.8 Å². The molecule has 0 saturated carbocycles. The molecular formula is C15H18N2O5S. The lowest BCUT2D eigenvalue weighted by molar-refractivity contribution is -0.131. The first-order chi connectivity index (χ1) is 10.9. The molecule has 8 heteroatoms. The number of nitriles is 1. The fourth-order valence-electron chi connectivity index (χ4n) is 2.11. The summed E-state index contributed by atoms with van der Waals surface area (Å²) in [6.45, 7) is 2.41. The van der Waals surface area contributed by atoms with Crippen LogP contribution in [0.2, 0.25) is 0 Å². The molecule has 1 fully saturated rings. The Morgan fingerprint density at radius 1 is 1.57 bits per heavy atom. The van der Waals surface area contributed by atoms with E-state index in [-0.39, 0.29) is 23.2 Å². The summed E-state index contributed by atoms with van der Waals surface area (Å²) in [6.07, 6.45) is 0.855. The minimum Gasteiger partial charge on any atom is -0.376 e. The van der Waals surface area contributed by atoms with Gasteiger partial charge in [-0.2, -0.15) is 5.26 Å². The van der Waals surface area contributed by atoms with Crippen LogP contribution in [-0.2, 0) is 24.3 Å². The summed E-state index contributed by atoms with van der Waals surface area (Å²) in [5.41, 5.74) is 0.197. The molecule has 1 heterocycles. The molecule has 0 aromatic heterocycles. The van der Waals surface area contributed by atoms with Crippen molar-refractivity contribution in [2.45, 2.75) is 36.9 Å². The van der Waals surface area contributed by atoms with Crippen LogP contribution in [0.1, 0.15) is 25.3 Å². The van der Waals surface area contributed by atoms with E-state index in [0.717, 1.165) is 12.8 Å². The highest BCUT2D eigenvalue weighted by atomic mass is 32.2. The van der Waals surface area contributed by atoms with Crippen molar-refractivity contribution in [1.29, 1.82) is 5.26 Å². The molecule has 2 rings (SSSR count). The maximum Gasteiger partial charge on any atom is 0.264 e. The number of nitrogens with one attached hydrogen (secondary N) is 1. The summed E-state index contributed by atoms with van der Waals surface area (Å²) in [5, 5.41) is 8.81. The minimum absolute atomic E-state index is 0.0471. The van der Waals surface area contributed by atoms with Gasteiger partial charge in [0.1, 0.15) is 6.10 Å². The first-order valence-electron chi connectivity index (χ1n) is 7.22. The second-order valence-electron chi connectivity index (χ2n) is 5.22. The number of sulfonamides is 1. The largest absolute Gasteiger partial charge is 0.376 e. The van der Waals surface area contributed by atoms with Crippen LogP contribution in [0.3, 0.4) is 0 Å². The SMILES string of the molecule is C[C@H](OC[C@H]1CCCO1)C(=O)NS(=O)(=O)c1cccc(C#N)c1. The molecular weight excluding hydrogens is 320 g/mol. The predicted octanol–water partition coefficient (Wildman–Crippen LogP) is 0.947. The van der Waals surface area contributed by atoms with E-state index in [9.17, 15) is 13.2 Å². The van der Waals surface area contributed by atoms with Gasteiger partial charge in [0.2, 0.25) is 0 Å². The van der Waals surface area contributed by atoms with Gasteiger partial charge in [0.25, 0.3) is 15.9 Å². The third-order valence-corrected chi connectivity index (χ3v) is 4.78. The molecule has 0 unspecified atom stereocenters. The second-order valence-corrected chi connectivity index (χ2v) is 6.90. The van der Waals surface area contributed by atoms with E-state index < -0.39 is 22.0 Å². The van der Waals surface area contributed by atoms with E-state index in [0.29, 0.717) is 6.61 Å². The molecule has 0 aliphatic carbocycles. The lowest BCUT2D eigenvalue weighted by atomic mass is 10.2. The van der Waals surface area contributed by atoms with E-state index in [1.165, 1.54) is 31.2 Å². The lowest BCUT2D eigenvalue weighted by Gasteiger charge is -2.16. The number of hydrogen-bond acceptors (Lipinski definition) is 6. The molecule has 124 valence electrons. The van der Waals surface area contributed by atoms with Gasteiger partial charge in [-0.25, -0.2) is 13.1 Å². The van der Waals surface area contributed by atoms with Gasteiger partial charge >= 0.3 is 0 Å². The van der Waals surface area contributed by atoms with Gasteiger partial charge in [-0.05, 0) is 38.0 Å². The average Bonchev–Trinajstić information content (AvgIpc) is 3.05. The molecule has 1 N–H and O–H groups in total. The smallest absolute Gasteiger partial charge is 0.264 e. The highest BCUT2D eigenvalue weighted by Gasteiger charge is 2.24. The summed E-state index contributed by atoms with van der Waals surface area (Å²) in [4.78, 5) is 11.8. The zero-order valence-corrected chi connectivity index (χ0v) is 13.5. The molecule has 0 bridgehead atoms. The Bertz CT molecular complexity index is 705. The fraction of sp³-hybridized carbons (Fsp3) is 0.467. The van der Waals surface area contributed by atoms with Gasteiger partial charge in [0.15, 0.2) is 0 Å². The van der Waals surface area contributed by atoms with Gasteiger partial charge in [0.05, 0.1) is 29.2 Å². The molecule has 2 atom stereocenters. The number of rotatable bonds is 6. The summed E-state index contributed by atoms with van der Waals surface area (Å²) >= 11 is 0. The molecule has 0 spiro atoms. The molecule has 1 saturated heterocycles. The number of carbonyl (C=O) groups excluding carboxylic acids is 1. The van der Waals surface area contributed by atoms with Crippen molar-refractivity contribution < 1.29 is 22.7 Å². The zero-order chi connectivity index (χ0) is 16.9. The predicted molar refractivity (Wildman–Crippen MR) is 80.9 cm³/mol. The molecule has 0 radical (unpaired) electrons. The summed E-state index contributed by atoms with van der Waals surface area (Å²) in [5.74, 6) is -0.759. The van der Waals surface area contributed by atoms with Crippen molar-refractivity contribution in [2.24, 2.45) is 0 Å². The minimum atomic E-state index is -4.04. The number of ether oxygens (including phenoxy) is 2. The Balaban J connectivity index is 1.95. The van der Waals surface area contributed by atoms with Gasteiger partial charge in [-0.15, -0.1) is 0 Å². The number of benzene rings is 1. The van der Waals surface area contributed by atoms with Crippen molar-refractivity contribution >= 4 is 15.9 Å². The molecule has 1 aliphatic heterocycles. The van der Waals surface area contributed by atoms with Gasteiger partial charge < -0.3 is 9.47 Å². The Labute approximate surface area is 135 Å². The van der Waals surface area contributed by atoms with Crippen LogP contribution in [0.25, 0.3) is 0 Å². The van der Waals surface area contributed by atoms with Crippen LogP contribution in [-0.4, -0.2) is 39.7 Å². The standard InChI is InChI=1S/C15H18N2O5S/c1-11(22-10-13-5-3-7-21-13)15(18)17-23(19,20)14-6-2-4-12(8-14)9-16/h2,4,6,8,11,13H,3,5,7,10H2,1H3,(H,17,18)/t11-,13+/m0/s1. The normalized spacial score (nSPS) is 19.0. The number of carbonyl (C=O) groups is 1. The molecule has 23 heavy (non-hydrogen) atoms. The lowest BCUT2D eigenvalue weighted by Crippen LogP contribution is -2.39. The topological polar surface area (TPSA) is 105 Å². The Morgan fingerprint density at radius 2 is 2.35 bits per heavy atom. The zero-order valence-electron chi connectivity index (χ0n) is 12.7. The van der Waals surface area contributed by atoms with Crippen LogP contribution >= 0.6 is 0 Å². The number of hydrogen-bond donors (Lipinski definition) is 1. The van der Waals surface area contributed by atoms with Crippen LogP contribution in [0.15, 0.2) is 29.2 Å². The van der Waals surface area contributed by atoms with Crippen molar-refractivity contribution in [3.8, 4) is 6.07 Å². The first-order valence-corrected chi connectivity index (χ1v) is 8.71. The highest BCUT2D eigenvalue weighted by molar-refractivity contribution is 7.90. The Kier molecular flexibility index (Phi) is 5.71. The molecule has 1 aromatic rings. The molecule has 7 nitrogen and oxygen atoms in total. The quantitative estimate of drug-likeness (QED) is 0.828. The summed E-state index contributed by atoms with van der Waals surface area (Å²) in [6, 6.07) is 7.29. The van der Waals surface area contributed by atoms with Gasteiger partial charge in [0, 0.05) is 6.61 Å². The average molecular weight is 338 g/mol. The van der Waals surface area contributed by atoms with Crippen LogP contribution in [0.4, 0.5) is 0 Å². The third kappa shape index (κ3) is 4.76. The Morgan fingerprint density at radius 3 is 3.00 bits per heavy atom. The van der Waals surface area contributed by atoms with Crippen molar-refractivity contribution in [2.75, 3.05) is 13.2 Å².